The largest absolute Gasteiger partial charge is 0.341 e. The van der Waals surface area contributed by atoms with Gasteiger partial charge in [-0.3, -0.25) is 9.59 Å². The Balaban J connectivity index is 1.57. The van der Waals surface area contributed by atoms with Crippen LogP contribution in [0.25, 0.3) is 0 Å². The van der Waals surface area contributed by atoms with Crippen molar-refractivity contribution in [2.45, 2.75) is 64.0 Å². The van der Waals surface area contributed by atoms with Crippen LogP contribution in [-0.4, -0.2) is 36.9 Å². The van der Waals surface area contributed by atoms with Crippen molar-refractivity contribution in [3.05, 3.63) is 35.9 Å². The van der Waals surface area contributed by atoms with Crippen molar-refractivity contribution in [1.29, 1.82) is 0 Å². The highest BCUT2D eigenvalue weighted by Crippen LogP contribution is 2.28. The van der Waals surface area contributed by atoms with E-state index in [0.29, 0.717) is 19.0 Å². The summed E-state index contributed by atoms with van der Waals surface area (Å²) in [5.74, 6) is 0.858. The molecular formula is C21H31N2O2+. The fourth-order valence-electron chi connectivity index (χ4n) is 4.68. The lowest BCUT2D eigenvalue weighted by atomic mass is 9.78. The molecule has 1 unspecified atom stereocenters. The third-order valence-corrected chi connectivity index (χ3v) is 6.00. The number of rotatable bonds is 6. The number of likely N-dealkylation sites (tertiary alicyclic amines) is 1. The maximum Gasteiger partial charge on any atom is 0.275 e. The van der Waals surface area contributed by atoms with Crippen LogP contribution in [0.4, 0.5) is 0 Å². The molecule has 0 spiro atoms. The Labute approximate surface area is 151 Å². The minimum Gasteiger partial charge on any atom is -0.341 e. The number of Topliss-reactive ketones (excluding diaryl/α,β-unsaturated/α-hetero) is 1. The van der Waals surface area contributed by atoms with Crippen molar-refractivity contribution in [3.63, 3.8) is 0 Å². The Kier molecular flexibility index (Phi) is 6.24. The third kappa shape index (κ3) is 4.91. The number of hydrogen-bond donors (Lipinski definition) is 2. The van der Waals surface area contributed by atoms with Crippen molar-refractivity contribution >= 4 is 11.7 Å². The highest BCUT2D eigenvalue weighted by atomic mass is 16.2. The quantitative estimate of drug-likeness (QED) is 0.823. The van der Waals surface area contributed by atoms with Gasteiger partial charge in [0.2, 0.25) is 0 Å². The normalized spacial score (nSPS) is 27.2. The van der Waals surface area contributed by atoms with E-state index in [1.54, 1.807) is 6.92 Å². The van der Waals surface area contributed by atoms with E-state index < -0.39 is 6.04 Å². The number of piperidine rings is 1. The molecule has 2 aliphatic rings. The Morgan fingerprint density at radius 1 is 1.12 bits per heavy atom. The van der Waals surface area contributed by atoms with Crippen molar-refractivity contribution in [2.75, 3.05) is 13.1 Å². The van der Waals surface area contributed by atoms with Crippen LogP contribution in [0.1, 0.15) is 51.0 Å². The van der Waals surface area contributed by atoms with Crippen LogP contribution in [0, 0.1) is 5.92 Å². The van der Waals surface area contributed by atoms with Crippen LogP contribution in [0.2, 0.25) is 0 Å². The Hall–Kier alpha value is -1.68. The van der Waals surface area contributed by atoms with Gasteiger partial charge in [0.15, 0.2) is 12.3 Å². The predicted molar refractivity (Wildman–Crippen MR) is 98.4 cm³/mol. The van der Waals surface area contributed by atoms with Crippen molar-refractivity contribution in [3.8, 4) is 0 Å². The van der Waals surface area contributed by atoms with E-state index in [0.717, 1.165) is 18.0 Å². The first kappa shape index (κ1) is 18.1. The molecule has 0 bridgehead atoms. The SMILES string of the molecule is CC(=O)[C@@H](Cc1ccccc1)NC(=O)C[NH+]1CCC[C@H]2CCCC[C@@H]21. The molecule has 1 saturated heterocycles. The lowest BCUT2D eigenvalue weighted by molar-refractivity contribution is -0.928. The van der Waals surface area contributed by atoms with Gasteiger partial charge in [-0.15, -0.1) is 0 Å². The summed E-state index contributed by atoms with van der Waals surface area (Å²) in [6.45, 7) is 3.18. The summed E-state index contributed by atoms with van der Waals surface area (Å²) >= 11 is 0. The minimum absolute atomic E-state index is 0.0253. The number of hydrogen-bond acceptors (Lipinski definition) is 2. The molecule has 25 heavy (non-hydrogen) atoms. The van der Waals surface area contributed by atoms with Gasteiger partial charge < -0.3 is 10.2 Å². The number of quaternary nitrogens is 1. The molecule has 1 heterocycles. The summed E-state index contributed by atoms with van der Waals surface area (Å²) in [4.78, 5) is 26.0. The zero-order chi connectivity index (χ0) is 17.6. The number of nitrogens with one attached hydrogen (secondary N) is 2. The van der Waals surface area contributed by atoms with Gasteiger partial charge >= 0.3 is 0 Å². The van der Waals surface area contributed by atoms with E-state index >= 15 is 0 Å². The lowest BCUT2D eigenvalue weighted by Crippen LogP contribution is -3.18. The fourth-order valence-corrected chi connectivity index (χ4v) is 4.68. The van der Waals surface area contributed by atoms with Gasteiger partial charge in [0.1, 0.15) is 0 Å². The molecule has 1 aromatic rings. The first-order chi connectivity index (χ1) is 12.1. The second-order valence-electron chi connectivity index (χ2n) is 7.80. The number of carbonyl (C=O) groups excluding carboxylic acids is 2. The highest BCUT2D eigenvalue weighted by Gasteiger charge is 2.37. The van der Waals surface area contributed by atoms with Crippen molar-refractivity contribution < 1.29 is 14.5 Å². The lowest BCUT2D eigenvalue weighted by Gasteiger charge is -2.40. The van der Waals surface area contributed by atoms with E-state index in [2.05, 4.69) is 5.32 Å². The molecule has 1 aliphatic heterocycles. The van der Waals surface area contributed by atoms with E-state index in [4.69, 9.17) is 0 Å². The smallest absolute Gasteiger partial charge is 0.275 e. The van der Waals surface area contributed by atoms with E-state index in [1.165, 1.54) is 43.4 Å². The van der Waals surface area contributed by atoms with Gasteiger partial charge in [-0.1, -0.05) is 36.8 Å². The average molecular weight is 343 g/mol. The summed E-state index contributed by atoms with van der Waals surface area (Å²) < 4.78 is 0. The summed E-state index contributed by atoms with van der Waals surface area (Å²) in [5.41, 5.74) is 1.08. The number of ketones is 1. The second-order valence-corrected chi connectivity index (χ2v) is 7.80. The first-order valence-electron chi connectivity index (χ1n) is 9.82. The van der Waals surface area contributed by atoms with Crippen LogP contribution >= 0.6 is 0 Å². The average Bonchev–Trinajstić information content (AvgIpc) is 2.62. The predicted octanol–water partition coefficient (Wildman–Crippen LogP) is 1.54. The van der Waals surface area contributed by atoms with Gasteiger partial charge in [-0.2, -0.15) is 0 Å². The maximum absolute atomic E-state index is 12.6. The molecule has 4 atom stereocenters. The third-order valence-electron chi connectivity index (χ3n) is 6.00. The number of amides is 1. The van der Waals surface area contributed by atoms with Crippen LogP contribution in [-0.2, 0) is 16.0 Å². The van der Waals surface area contributed by atoms with E-state index in [-0.39, 0.29) is 11.7 Å². The number of carbonyl (C=O) groups is 2. The van der Waals surface area contributed by atoms with Crippen LogP contribution in [0.3, 0.4) is 0 Å². The Morgan fingerprint density at radius 3 is 2.60 bits per heavy atom. The molecule has 2 fully saturated rings. The molecule has 1 aromatic carbocycles. The Morgan fingerprint density at radius 2 is 1.84 bits per heavy atom. The molecule has 1 aliphatic carbocycles. The van der Waals surface area contributed by atoms with Crippen LogP contribution in [0.15, 0.2) is 30.3 Å². The van der Waals surface area contributed by atoms with Crippen molar-refractivity contribution in [2.24, 2.45) is 5.92 Å². The molecule has 0 radical (unpaired) electrons. The summed E-state index contributed by atoms with van der Waals surface area (Å²) in [7, 11) is 0. The number of benzene rings is 1. The van der Waals surface area contributed by atoms with Gasteiger partial charge in [-0.05, 0) is 51.0 Å². The van der Waals surface area contributed by atoms with E-state index in [9.17, 15) is 9.59 Å². The Bertz CT molecular complexity index is 585. The second kappa shape index (κ2) is 8.61. The molecule has 4 nitrogen and oxygen atoms in total. The summed E-state index contributed by atoms with van der Waals surface area (Å²) in [6.07, 6.45) is 8.38. The monoisotopic (exact) mass is 343 g/mol. The van der Waals surface area contributed by atoms with Crippen LogP contribution in [0.5, 0.6) is 0 Å². The zero-order valence-electron chi connectivity index (χ0n) is 15.3. The maximum atomic E-state index is 12.6. The summed E-state index contributed by atoms with van der Waals surface area (Å²) in [5, 5.41) is 3.00. The molecule has 4 heteroatoms. The molecule has 1 saturated carbocycles. The highest BCUT2D eigenvalue weighted by molar-refractivity contribution is 5.88. The van der Waals surface area contributed by atoms with Crippen LogP contribution < -0.4 is 10.2 Å². The molecule has 2 N–H and O–H groups in total. The fraction of sp³-hybridized carbons (Fsp3) is 0.619. The summed E-state index contributed by atoms with van der Waals surface area (Å²) in [6, 6.07) is 10.1. The topological polar surface area (TPSA) is 50.6 Å². The first-order valence-corrected chi connectivity index (χ1v) is 9.82. The molecule has 3 rings (SSSR count). The molecule has 0 aromatic heterocycles. The van der Waals surface area contributed by atoms with E-state index in [1.807, 2.05) is 30.3 Å². The molecule has 136 valence electrons. The molecular weight excluding hydrogens is 312 g/mol. The minimum atomic E-state index is -0.416. The van der Waals surface area contributed by atoms with Gasteiger partial charge in [0.05, 0.1) is 18.6 Å². The van der Waals surface area contributed by atoms with Crippen molar-refractivity contribution in [1.82, 2.24) is 5.32 Å². The van der Waals surface area contributed by atoms with Gasteiger partial charge in [0, 0.05) is 5.92 Å². The van der Waals surface area contributed by atoms with Gasteiger partial charge in [-0.25, -0.2) is 0 Å². The molecule has 1 amide bonds. The number of fused-ring (bicyclic) bond motifs is 1. The zero-order valence-corrected chi connectivity index (χ0v) is 15.3. The standard InChI is InChI=1S/C21H30N2O2/c1-16(24)19(14-17-8-3-2-4-9-17)22-21(25)15-23-13-7-11-18-10-5-6-12-20(18)23/h2-4,8-9,18-20H,5-7,10-15H2,1H3,(H,22,25)/p+1/t18-,19-,20+/m1/s1. The van der Waals surface area contributed by atoms with Gasteiger partial charge in [0.25, 0.3) is 5.91 Å².